The molecule has 0 saturated carbocycles. The number of aromatic nitrogens is 6. The lowest BCUT2D eigenvalue weighted by molar-refractivity contribution is 0.590. The van der Waals surface area contributed by atoms with E-state index in [1.807, 2.05) is 0 Å². The molecule has 32 heavy (non-hydrogen) atoms. The monoisotopic (exact) mass is 467 g/mol. The minimum Gasteiger partial charge on any atom is -0.365 e. The molecule has 5 rings (SSSR count). The van der Waals surface area contributed by atoms with Crippen LogP contribution in [0.3, 0.4) is 0 Å². The number of nitrogens with one attached hydrogen (secondary N) is 1. The second-order valence-electron chi connectivity index (χ2n) is 6.94. The molecule has 8 nitrogen and oxygen atoms in total. The van der Waals surface area contributed by atoms with Gasteiger partial charge in [0.05, 0.1) is 58.2 Å². The summed E-state index contributed by atoms with van der Waals surface area (Å²) in [6, 6.07) is 9.95. The molecule has 0 aliphatic rings. The SMILES string of the molecule is O=c1c2cnn(Cc3ccccc3F)c2ccn1-c1cc(NCc2cnns2)ncc1Cl. The van der Waals surface area contributed by atoms with Crippen molar-refractivity contribution in [2.75, 3.05) is 5.32 Å². The van der Waals surface area contributed by atoms with E-state index in [0.717, 1.165) is 4.88 Å². The number of nitrogens with zero attached hydrogens (tertiary/aromatic N) is 6. The van der Waals surface area contributed by atoms with E-state index in [1.54, 1.807) is 47.4 Å². The highest BCUT2D eigenvalue weighted by Crippen LogP contribution is 2.23. The summed E-state index contributed by atoms with van der Waals surface area (Å²) in [5.41, 5.74) is 1.30. The number of benzene rings is 1. The van der Waals surface area contributed by atoms with Crippen molar-refractivity contribution in [2.45, 2.75) is 13.1 Å². The van der Waals surface area contributed by atoms with Gasteiger partial charge < -0.3 is 5.32 Å². The molecule has 5 aromatic rings. The number of halogens is 2. The lowest BCUT2D eigenvalue weighted by atomic mass is 10.2. The highest BCUT2D eigenvalue weighted by molar-refractivity contribution is 7.05. The fourth-order valence-electron chi connectivity index (χ4n) is 3.33. The molecule has 4 heterocycles. The summed E-state index contributed by atoms with van der Waals surface area (Å²) in [5.74, 6) is 0.238. The molecule has 0 aliphatic carbocycles. The molecule has 0 atom stereocenters. The number of hydrogen-bond acceptors (Lipinski definition) is 7. The van der Waals surface area contributed by atoms with E-state index in [0.29, 0.717) is 39.5 Å². The number of rotatable bonds is 6. The summed E-state index contributed by atoms with van der Waals surface area (Å²) in [6.45, 7) is 0.721. The topological polar surface area (TPSA) is 90.5 Å². The van der Waals surface area contributed by atoms with Crippen LogP contribution in [-0.4, -0.2) is 28.9 Å². The normalized spacial score (nSPS) is 11.2. The van der Waals surface area contributed by atoms with Crippen molar-refractivity contribution in [3.05, 3.63) is 92.8 Å². The molecule has 0 bridgehead atoms. The smallest absolute Gasteiger partial charge is 0.266 e. The second kappa shape index (κ2) is 8.48. The molecule has 4 aromatic heterocycles. The van der Waals surface area contributed by atoms with Crippen LogP contribution in [0.5, 0.6) is 0 Å². The Kier molecular flexibility index (Phi) is 5.38. The van der Waals surface area contributed by atoms with Crippen molar-refractivity contribution in [1.29, 1.82) is 0 Å². The average Bonchev–Trinajstić information content (AvgIpc) is 3.46. The summed E-state index contributed by atoms with van der Waals surface area (Å²) >= 11 is 7.64. The molecule has 0 spiro atoms. The van der Waals surface area contributed by atoms with E-state index in [4.69, 9.17) is 11.6 Å². The van der Waals surface area contributed by atoms with Gasteiger partial charge in [-0.15, -0.1) is 5.10 Å². The van der Waals surface area contributed by atoms with Gasteiger partial charge in [0.15, 0.2) is 0 Å². The Morgan fingerprint density at radius 3 is 2.84 bits per heavy atom. The first-order valence-corrected chi connectivity index (χ1v) is 10.7. The summed E-state index contributed by atoms with van der Waals surface area (Å²) in [5, 5.41) is 12.0. The van der Waals surface area contributed by atoms with Gasteiger partial charge in [-0.25, -0.2) is 9.37 Å². The molecule has 0 fully saturated rings. The third kappa shape index (κ3) is 3.85. The minimum absolute atomic E-state index is 0.218. The van der Waals surface area contributed by atoms with Crippen LogP contribution in [0, 0.1) is 5.82 Å². The highest BCUT2D eigenvalue weighted by atomic mass is 35.5. The third-order valence-electron chi connectivity index (χ3n) is 4.93. The van der Waals surface area contributed by atoms with Crippen LogP contribution in [0.25, 0.3) is 16.6 Å². The third-order valence-corrected chi connectivity index (χ3v) is 5.89. The minimum atomic E-state index is -0.317. The molecule has 0 aliphatic heterocycles. The standard InChI is InChI=1S/C21H15ClFN7OS/c22-16-11-25-20(24-8-14-9-26-28-32-14)7-19(16)29-6-5-18-15(21(29)31)10-27-30(18)12-13-3-1-2-4-17(13)23/h1-7,9-11H,8,12H2,(H,24,25). The van der Waals surface area contributed by atoms with Gasteiger partial charge in [-0.2, -0.15) is 5.10 Å². The van der Waals surface area contributed by atoms with Crippen molar-refractivity contribution in [2.24, 2.45) is 0 Å². The molecule has 0 radical (unpaired) electrons. The van der Waals surface area contributed by atoms with Crippen LogP contribution < -0.4 is 10.9 Å². The lowest BCUT2D eigenvalue weighted by Crippen LogP contribution is -2.18. The zero-order valence-corrected chi connectivity index (χ0v) is 18.0. The molecule has 0 unspecified atom stereocenters. The van der Waals surface area contributed by atoms with E-state index in [-0.39, 0.29) is 17.9 Å². The molecular formula is C21H15ClFN7OS. The highest BCUT2D eigenvalue weighted by Gasteiger charge is 2.14. The zero-order valence-electron chi connectivity index (χ0n) is 16.4. The van der Waals surface area contributed by atoms with Crippen molar-refractivity contribution in [3.8, 4) is 5.69 Å². The summed E-state index contributed by atoms with van der Waals surface area (Å²) in [4.78, 5) is 18.4. The molecule has 1 N–H and O–H groups in total. The van der Waals surface area contributed by atoms with Crippen LogP contribution in [-0.2, 0) is 13.1 Å². The first kappa shape index (κ1) is 20.3. The first-order chi connectivity index (χ1) is 15.6. The van der Waals surface area contributed by atoms with Crippen molar-refractivity contribution < 1.29 is 4.39 Å². The van der Waals surface area contributed by atoms with Crippen LogP contribution in [0.2, 0.25) is 5.02 Å². The summed E-state index contributed by atoms with van der Waals surface area (Å²) < 4.78 is 20.9. The van der Waals surface area contributed by atoms with Gasteiger partial charge in [-0.1, -0.05) is 34.3 Å². The molecular weight excluding hydrogens is 453 g/mol. The van der Waals surface area contributed by atoms with Crippen LogP contribution in [0.15, 0.2) is 66.0 Å². The van der Waals surface area contributed by atoms with E-state index in [2.05, 4.69) is 25.0 Å². The number of pyridine rings is 2. The number of hydrogen-bond donors (Lipinski definition) is 1. The largest absolute Gasteiger partial charge is 0.365 e. The van der Waals surface area contributed by atoms with Gasteiger partial charge in [-0.05, 0) is 23.7 Å². The molecule has 11 heteroatoms. The van der Waals surface area contributed by atoms with Crippen molar-refractivity contribution >= 4 is 39.9 Å². The molecule has 160 valence electrons. The Hall–Kier alpha value is -3.63. The van der Waals surface area contributed by atoms with E-state index < -0.39 is 0 Å². The summed E-state index contributed by atoms with van der Waals surface area (Å²) in [7, 11) is 0. The van der Waals surface area contributed by atoms with Gasteiger partial charge in [0.1, 0.15) is 11.6 Å². The van der Waals surface area contributed by atoms with Gasteiger partial charge in [0.25, 0.3) is 5.56 Å². The number of anilines is 1. The predicted octanol–water partition coefficient (Wildman–Crippen LogP) is 3.89. The Morgan fingerprint density at radius 2 is 2.03 bits per heavy atom. The Labute approximate surface area is 190 Å². The van der Waals surface area contributed by atoms with E-state index in [9.17, 15) is 9.18 Å². The molecule has 1 aromatic carbocycles. The second-order valence-corrected chi connectivity index (χ2v) is 8.22. The lowest BCUT2D eigenvalue weighted by Gasteiger charge is -2.11. The van der Waals surface area contributed by atoms with E-state index >= 15 is 0 Å². The van der Waals surface area contributed by atoms with Crippen LogP contribution >= 0.6 is 23.1 Å². The maximum atomic E-state index is 14.0. The van der Waals surface area contributed by atoms with Gasteiger partial charge in [0, 0.05) is 17.8 Å². The Balaban J connectivity index is 1.48. The van der Waals surface area contributed by atoms with Gasteiger partial charge in [0.2, 0.25) is 0 Å². The Morgan fingerprint density at radius 1 is 1.16 bits per heavy atom. The maximum Gasteiger partial charge on any atom is 0.266 e. The predicted molar refractivity (Wildman–Crippen MR) is 121 cm³/mol. The maximum absolute atomic E-state index is 14.0. The van der Waals surface area contributed by atoms with Crippen LogP contribution in [0.4, 0.5) is 10.2 Å². The number of fused-ring (bicyclic) bond motifs is 1. The van der Waals surface area contributed by atoms with E-state index in [1.165, 1.54) is 34.6 Å². The van der Waals surface area contributed by atoms with Gasteiger partial charge >= 0.3 is 0 Å². The van der Waals surface area contributed by atoms with Crippen molar-refractivity contribution in [3.63, 3.8) is 0 Å². The zero-order chi connectivity index (χ0) is 22.1. The van der Waals surface area contributed by atoms with Gasteiger partial charge in [-0.3, -0.25) is 14.0 Å². The Bertz CT molecular complexity index is 1470. The van der Waals surface area contributed by atoms with Crippen molar-refractivity contribution in [1.82, 2.24) is 28.9 Å². The molecule has 0 saturated heterocycles. The van der Waals surface area contributed by atoms with Crippen LogP contribution in [0.1, 0.15) is 10.4 Å². The molecule has 0 amide bonds. The summed E-state index contributed by atoms with van der Waals surface area (Å²) in [6.07, 6.45) is 6.27. The quantitative estimate of drug-likeness (QED) is 0.407. The fraction of sp³-hybridized carbons (Fsp3) is 0.0952. The average molecular weight is 468 g/mol. The first-order valence-electron chi connectivity index (χ1n) is 9.57. The fourth-order valence-corrected chi connectivity index (χ4v) is 3.96.